The first-order chi connectivity index (χ1) is 5.88. The van der Waals surface area contributed by atoms with Crippen LogP contribution in [0, 0.1) is 23.2 Å². The van der Waals surface area contributed by atoms with E-state index in [1.54, 1.807) is 32.1 Å². The second-order valence-corrected chi connectivity index (χ2v) is 5.36. The molecule has 4 atom stereocenters. The molecule has 0 aromatic rings. The van der Waals surface area contributed by atoms with Crippen LogP contribution in [0.5, 0.6) is 0 Å². The Kier molecular flexibility index (Phi) is 1.40. The average molecular weight is 164 g/mol. The predicted octanol–water partition coefficient (Wildman–Crippen LogP) is 3.61. The molecule has 0 aromatic heterocycles. The van der Waals surface area contributed by atoms with Crippen molar-refractivity contribution >= 4 is 0 Å². The quantitative estimate of drug-likeness (QED) is 0.585. The van der Waals surface area contributed by atoms with Gasteiger partial charge < -0.3 is 0 Å². The van der Waals surface area contributed by atoms with Gasteiger partial charge in [-0.25, -0.2) is 0 Å². The van der Waals surface area contributed by atoms with Gasteiger partial charge in [0.15, 0.2) is 0 Å². The van der Waals surface area contributed by atoms with Crippen molar-refractivity contribution in [2.75, 3.05) is 0 Å². The van der Waals surface area contributed by atoms with E-state index in [4.69, 9.17) is 0 Å². The van der Waals surface area contributed by atoms with E-state index in [1.165, 1.54) is 24.7 Å². The highest BCUT2D eigenvalue weighted by Crippen LogP contribution is 2.74. The van der Waals surface area contributed by atoms with Gasteiger partial charge in [0.2, 0.25) is 0 Å². The summed E-state index contributed by atoms with van der Waals surface area (Å²) in [5, 5.41) is 0. The minimum Gasteiger partial charge on any atom is -0.0654 e. The van der Waals surface area contributed by atoms with E-state index in [2.05, 4.69) is 6.92 Å². The van der Waals surface area contributed by atoms with Crippen LogP contribution in [-0.2, 0) is 0 Å². The predicted molar refractivity (Wildman–Crippen MR) is 50.9 cm³/mol. The van der Waals surface area contributed by atoms with Crippen molar-refractivity contribution in [1.29, 1.82) is 0 Å². The van der Waals surface area contributed by atoms with Crippen LogP contribution < -0.4 is 0 Å². The molecule has 0 nitrogen and oxygen atoms in total. The number of rotatable bonds is 2. The Morgan fingerprint density at radius 2 is 2.17 bits per heavy atom. The summed E-state index contributed by atoms with van der Waals surface area (Å²) in [5.41, 5.74) is 0.940. The van der Waals surface area contributed by atoms with Gasteiger partial charge >= 0.3 is 0 Å². The zero-order chi connectivity index (χ0) is 8.18. The molecule has 0 saturated heterocycles. The molecule has 0 aromatic carbocycles. The lowest BCUT2D eigenvalue weighted by Crippen LogP contribution is -2.60. The van der Waals surface area contributed by atoms with Gasteiger partial charge in [0, 0.05) is 0 Å². The molecular formula is C12H20. The van der Waals surface area contributed by atoms with E-state index in [1.807, 2.05) is 0 Å². The summed E-state index contributed by atoms with van der Waals surface area (Å²) in [7, 11) is 0. The molecule has 3 rings (SSSR count). The zero-order valence-corrected chi connectivity index (χ0v) is 8.18. The SMILES string of the molecule is CCCC1CC2CC3CCCC132. The molecule has 68 valence electrons. The molecule has 4 unspecified atom stereocenters. The highest BCUT2D eigenvalue weighted by atomic mass is 14.7. The van der Waals surface area contributed by atoms with Crippen molar-refractivity contribution in [2.24, 2.45) is 23.2 Å². The average Bonchev–Trinajstić information content (AvgIpc) is 2.44. The Labute approximate surface area is 75.7 Å². The van der Waals surface area contributed by atoms with E-state index in [0.717, 1.165) is 11.3 Å². The van der Waals surface area contributed by atoms with Crippen molar-refractivity contribution in [1.82, 2.24) is 0 Å². The minimum absolute atomic E-state index is 0.940. The third kappa shape index (κ3) is 0.625. The molecular weight excluding hydrogens is 144 g/mol. The summed E-state index contributed by atoms with van der Waals surface area (Å²) in [6, 6.07) is 0. The van der Waals surface area contributed by atoms with Crippen LogP contribution in [-0.4, -0.2) is 0 Å². The third-order valence-corrected chi connectivity index (χ3v) is 5.22. The van der Waals surface area contributed by atoms with Gasteiger partial charge in [-0.05, 0) is 48.9 Å². The van der Waals surface area contributed by atoms with E-state index in [0.29, 0.717) is 0 Å². The highest BCUT2D eigenvalue weighted by molar-refractivity contribution is 5.15. The summed E-state index contributed by atoms with van der Waals surface area (Å²) in [5.74, 6) is 3.54. The summed E-state index contributed by atoms with van der Waals surface area (Å²) in [6.07, 6.45) is 10.9. The first-order valence-corrected chi connectivity index (χ1v) is 5.88. The fourth-order valence-corrected chi connectivity index (χ4v) is 4.73. The van der Waals surface area contributed by atoms with Gasteiger partial charge in [-0.1, -0.05) is 26.2 Å². The maximum Gasteiger partial charge on any atom is -0.0212 e. The monoisotopic (exact) mass is 164 g/mol. The molecule has 0 amide bonds. The van der Waals surface area contributed by atoms with Crippen molar-refractivity contribution < 1.29 is 0 Å². The zero-order valence-electron chi connectivity index (χ0n) is 8.18. The lowest BCUT2D eigenvalue weighted by molar-refractivity contribution is -0.182. The Morgan fingerprint density at radius 1 is 1.25 bits per heavy atom. The molecule has 1 spiro atoms. The fourth-order valence-electron chi connectivity index (χ4n) is 4.73. The normalized spacial score (nSPS) is 55.2. The van der Waals surface area contributed by atoms with E-state index in [-0.39, 0.29) is 0 Å². The maximum absolute atomic E-state index is 2.35. The molecule has 0 radical (unpaired) electrons. The standard InChI is InChI=1S/C12H20/c1-2-4-9-7-11-8-10-5-3-6-12(9,10)11/h9-11H,2-8H2,1H3. The number of hydrogen-bond acceptors (Lipinski definition) is 0. The topological polar surface area (TPSA) is 0 Å². The highest BCUT2D eigenvalue weighted by Gasteiger charge is 2.66. The van der Waals surface area contributed by atoms with E-state index >= 15 is 0 Å². The lowest BCUT2D eigenvalue weighted by Gasteiger charge is -2.67. The van der Waals surface area contributed by atoms with Crippen molar-refractivity contribution in [3.63, 3.8) is 0 Å². The van der Waals surface area contributed by atoms with Gasteiger partial charge in [0.1, 0.15) is 0 Å². The van der Waals surface area contributed by atoms with Crippen LogP contribution in [0.25, 0.3) is 0 Å². The second-order valence-electron chi connectivity index (χ2n) is 5.36. The summed E-state index contributed by atoms with van der Waals surface area (Å²) in [4.78, 5) is 0. The molecule has 3 fully saturated rings. The second kappa shape index (κ2) is 2.27. The maximum atomic E-state index is 2.35. The molecule has 12 heavy (non-hydrogen) atoms. The Balaban J connectivity index is 1.77. The summed E-state index contributed by atoms with van der Waals surface area (Å²) >= 11 is 0. The Bertz CT molecular complexity index is 194. The van der Waals surface area contributed by atoms with Crippen LogP contribution in [0.4, 0.5) is 0 Å². The molecule has 3 aliphatic carbocycles. The largest absolute Gasteiger partial charge is 0.0654 e. The van der Waals surface area contributed by atoms with Crippen LogP contribution in [0.15, 0.2) is 0 Å². The molecule has 3 saturated carbocycles. The van der Waals surface area contributed by atoms with Gasteiger partial charge in [0.05, 0.1) is 0 Å². The van der Waals surface area contributed by atoms with Crippen molar-refractivity contribution in [2.45, 2.75) is 51.9 Å². The van der Waals surface area contributed by atoms with Crippen molar-refractivity contribution in [3.8, 4) is 0 Å². The fraction of sp³-hybridized carbons (Fsp3) is 1.00. The van der Waals surface area contributed by atoms with Crippen LogP contribution in [0.3, 0.4) is 0 Å². The molecule has 0 aliphatic heterocycles. The first-order valence-electron chi connectivity index (χ1n) is 5.88. The minimum atomic E-state index is 0.940. The molecule has 3 aliphatic rings. The Morgan fingerprint density at radius 3 is 2.83 bits per heavy atom. The molecule has 0 heterocycles. The molecule has 0 bridgehead atoms. The summed E-state index contributed by atoms with van der Waals surface area (Å²) in [6.45, 7) is 2.35. The third-order valence-electron chi connectivity index (χ3n) is 5.22. The van der Waals surface area contributed by atoms with Crippen LogP contribution in [0.1, 0.15) is 51.9 Å². The van der Waals surface area contributed by atoms with Crippen LogP contribution >= 0.6 is 0 Å². The van der Waals surface area contributed by atoms with Gasteiger partial charge in [-0.2, -0.15) is 0 Å². The smallest absolute Gasteiger partial charge is 0.0212 e. The Hall–Kier alpha value is 0. The van der Waals surface area contributed by atoms with Gasteiger partial charge in [-0.3, -0.25) is 0 Å². The lowest BCUT2D eigenvalue weighted by atomic mass is 9.38. The van der Waals surface area contributed by atoms with Crippen LogP contribution in [0.2, 0.25) is 0 Å². The molecule has 0 N–H and O–H groups in total. The van der Waals surface area contributed by atoms with Gasteiger partial charge in [0.25, 0.3) is 0 Å². The van der Waals surface area contributed by atoms with Gasteiger partial charge in [-0.15, -0.1) is 0 Å². The summed E-state index contributed by atoms with van der Waals surface area (Å²) < 4.78 is 0. The van der Waals surface area contributed by atoms with E-state index in [9.17, 15) is 0 Å². The molecule has 0 heteroatoms. The first kappa shape index (κ1) is 7.41. The van der Waals surface area contributed by atoms with Crippen molar-refractivity contribution in [3.05, 3.63) is 0 Å². The number of hydrogen-bond donors (Lipinski definition) is 0. The van der Waals surface area contributed by atoms with E-state index < -0.39 is 0 Å².